The fourth-order valence-corrected chi connectivity index (χ4v) is 1.56. The predicted molar refractivity (Wildman–Crippen MR) is 95.2 cm³/mol. The van der Waals surface area contributed by atoms with Crippen LogP contribution in [0.3, 0.4) is 0 Å². The van der Waals surface area contributed by atoms with Gasteiger partial charge in [-0.15, -0.1) is 0 Å². The molecule has 0 fully saturated rings. The van der Waals surface area contributed by atoms with Crippen molar-refractivity contribution in [3.05, 3.63) is 71.8 Å². The van der Waals surface area contributed by atoms with Crippen LogP contribution >= 0.6 is 0 Å². The predicted octanol–water partition coefficient (Wildman–Crippen LogP) is 4.53. The van der Waals surface area contributed by atoms with E-state index in [1.54, 1.807) is 0 Å². The molecule has 4 heteroatoms. The van der Waals surface area contributed by atoms with E-state index in [4.69, 9.17) is 9.47 Å². The molecule has 0 N–H and O–H groups in total. The average molecular weight is 330 g/mol. The summed E-state index contributed by atoms with van der Waals surface area (Å²) in [7, 11) is 0. The monoisotopic (exact) mass is 330 g/mol. The molecule has 0 spiro atoms. The molecule has 0 aliphatic carbocycles. The number of carbonyl (C=O) groups excluding carboxylic acids is 2. The van der Waals surface area contributed by atoms with E-state index >= 15 is 0 Å². The molecule has 4 nitrogen and oxygen atoms in total. The molecule has 2 aromatic carbocycles. The number of benzene rings is 2. The van der Waals surface area contributed by atoms with E-state index in [2.05, 4.69) is 0 Å². The number of carbonyl (C=O) groups is 2. The highest BCUT2D eigenvalue weighted by atomic mass is 16.6. The highest BCUT2D eigenvalue weighted by molar-refractivity contribution is 6.29. The minimum absolute atomic E-state index is 0.0557. The van der Waals surface area contributed by atoms with E-state index in [9.17, 15) is 9.59 Å². The molecule has 0 saturated heterocycles. The molecule has 0 unspecified atom stereocenters. The topological polar surface area (TPSA) is 52.6 Å². The SMILES string of the molecule is CC.CC.O=C(OCc1ccccc1)C(=O)OCc1ccccc1. The summed E-state index contributed by atoms with van der Waals surface area (Å²) < 4.78 is 9.73. The molecule has 24 heavy (non-hydrogen) atoms. The molecule has 0 atom stereocenters. The summed E-state index contributed by atoms with van der Waals surface area (Å²) in [5.41, 5.74) is 1.63. The molecule has 0 bridgehead atoms. The van der Waals surface area contributed by atoms with Crippen LogP contribution in [0.4, 0.5) is 0 Å². The minimum Gasteiger partial charge on any atom is -0.452 e. The van der Waals surface area contributed by atoms with Crippen LogP contribution in [-0.2, 0) is 32.3 Å². The highest BCUT2D eigenvalue weighted by Crippen LogP contribution is 2.03. The zero-order valence-electron chi connectivity index (χ0n) is 14.8. The van der Waals surface area contributed by atoms with E-state index in [0.717, 1.165) is 11.1 Å². The summed E-state index contributed by atoms with van der Waals surface area (Å²) in [4.78, 5) is 22.9. The average Bonchev–Trinajstić information content (AvgIpc) is 2.69. The molecule has 0 radical (unpaired) electrons. The standard InChI is InChI=1S/C16H14O4.2C2H6/c17-15(19-11-13-7-3-1-4-8-13)16(18)20-12-14-9-5-2-6-10-14;2*1-2/h1-10H,11-12H2;2*1-2H3. The van der Waals surface area contributed by atoms with Crippen molar-refractivity contribution in [3.8, 4) is 0 Å². The van der Waals surface area contributed by atoms with E-state index in [1.165, 1.54) is 0 Å². The van der Waals surface area contributed by atoms with Gasteiger partial charge in [-0.2, -0.15) is 0 Å². The zero-order chi connectivity index (χ0) is 18.2. The third-order valence-corrected chi connectivity index (χ3v) is 2.59. The second kappa shape index (κ2) is 14.0. The van der Waals surface area contributed by atoms with Crippen molar-refractivity contribution in [3.63, 3.8) is 0 Å². The molecular formula is C20H26O4. The Hall–Kier alpha value is -2.62. The summed E-state index contributed by atoms with van der Waals surface area (Å²) in [6, 6.07) is 18.3. The Morgan fingerprint density at radius 1 is 0.625 bits per heavy atom. The van der Waals surface area contributed by atoms with E-state index in [-0.39, 0.29) is 13.2 Å². The quantitative estimate of drug-likeness (QED) is 0.611. The highest BCUT2D eigenvalue weighted by Gasteiger charge is 2.17. The molecule has 130 valence electrons. The maximum atomic E-state index is 11.4. The van der Waals surface area contributed by atoms with Crippen molar-refractivity contribution in [1.29, 1.82) is 0 Å². The van der Waals surface area contributed by atoms with Gasteiger partial charge in [0.2, 0.25) is 0 Å². The zero-order valence-corrected chi connectivity index (χ0v) is 14.8. The summed E-state index contributed by atoms with van der Waals surface area (Å²) in [6.07, 6.45) is 0. The first-order valence-electron chi connectivity index (χ1n) is 8.17. The largest absolute Gasteiger partial charge is 0.452 e. The van der Waals surface area contributed by atoms with Crippen LogP contribution in [-0.4, -0.2) is 11.9 Å². The summed E-state index contributed by atoms with van der Waals surface area (Å²) in [5.74, 6) is -1.96. The van der Waals surface area contributed by atoms with E-state index in [1.807, 2.05) is 88.4 Å². The van der Waals surface area contributed by atoms with Crippen LogP contribution in [0.15, 0.2) is 60.7 Å². The number of ether oxygens (including phenoxy) is 2. The molecule has 0 aromatic heterocycles. The lowest BCUT2D eigenvalue weighted by Gasteiger charge is -2.05. The van der Waals surface area contributed by atoms with Gasteiger partial charge in [0.05, 0.1) is 0 Å². The van der Waals surface area contributed by atoms with Gasteiger partial charge >= 0.3 is 11.9 Å². The molecule has 0 saturated carbocycles. The smallest absolute Gasteiger partial charge is 0.417 e. The molecule has 2 rings (SSSR count). The maximum Gasteiger partial charge on any atom is 0.417 e. The van der Waals surface area contributed by atoms with Gasteiger partial charge in [-0.1, -0.05) is 88.4 Å². The summed E-state index contributed by atoms with van der Waals surface area (Å²) in [5, 5.41) is 0. The third kappa shape index (κ3) is 8.73. The van der Waals surface area contributed by atoms with Gasteiger partial charge in [-0.25, -0.2) is 9.59 Å². The van der Waals surface area contributed by atoms with Crippen LogP contribution in [0.1, 0.15) is 38.8 Å². The molecule has 0 aliphatic heterocycles. The van der Waals surface area contributed by atoms with Gasteiger partial charge < -0.3 is 9.47 Å². The Labute approximate surface area is 144 Å². The van der Waals surface area contributed by atoms with Gasteiger partial charge in [0, 0.05) is 0 Å². The lowest BCUT2D eigenvalue weighted by Crippen LogP contribution is -2.20. The first-order valence-corrected chi connectivity index (χ1v) is 8.17. The molecule has 2 aromatic rings. The first-order chi connectivity index (χ1) is 11.8. The van der Waals surface area contributed by atoms with Crippen LogP contribution in [0.2, 0.25) is 0 Å². The third-order valence-electron chi connectivity index (χ3n) is 2.59. The Morgan fingerprint density at radius 3 is 1.21 bits per heavy atom. The van der Waals surface area contributed by atoms with Gasteiger partial charge in [0.1, 0.15) is 13.2 Å². The van der Waals surface area contributed by atoms with Crippen LogP contribution in [0.5, 0.6) is 0 Å². The maximum absolute atomic E-state index is 11.4. The number of rotatable bonds is 4. The van der Waals surface area contributed by atoms with Crippen molar-refractivity contribution >= 4 is 11.9 Å². The fourth-order valence-electron chi connectivity index (χ4n) is 1.56. The van der Waals surface area contributed by atoms with Crippen molar-refractivity contribution < 1.29 is 19.1 Å². The Balaban J connectivity index is 0.00000123. The molecular weight excluding hydrogens is 304 g/mol. The van der Waals surface area contributed by atoms with Crippen molar-refractivity contribution in [2.45, 2.75) is 40.9 Å². The van der Waals surface area contributed by atoms with Crippen molar-refractivity contribution in [2.24, 2.45) is 0 Å². The van der Waals surface area contributed by atoms with Gasteiger partial charge in [0.15, 0.2) is 0 Å². The van der Waals surface area contributed by atoms with E-state index < -0.39 is 11.9 Å². The second-order valence-corrected chi connectivity index (χ2v) is 4.12. The van der Waals surface area contributed by atoms with Gasteiger partial charge in [-0.3, -0.25) is 0 Å². The second-order valence-electron chi connectivity index (χ2n) is 4.12. The number of hydrogen-bond acceptors (Lipinski definition) is 4. The summed E-state index contributed by atoms with van der Waals surface area (Å²) in [6.45, 7) is 8.11. The number of esters is 2. The summed E-state index contributed by atoms with van der Waals surface area (Å²) >= 11 is 0. The molecule has 0 amide bonds. The normalized spacial score (nSPS) is 8.67. The lowest BCUT2D eigenvalue weighted by atomic mass is 10.2. The Bertz CT molecular complexity index is 511. The first kappa shape index (κ1) is 21.4. The fraction of sp³-hybridized carbons (Fsp3) is 0.300. The van der Waals surface area contributed by atoms with Crippen LogP contribution in [0.25, 0.3) is 0 Å². The van der Waals surface area contributed by atoms with Crippen molar-refractivity contribution in [2.75, 3.05) is 0 Å². The molecule has 0 heterocycles. The minimum atomic E-state index is -0.982. The van der Waals surface area contributed by atoms with Crippen LogP contribution < -0.4 is 0 Å². The molecule has 0 aliphatic rings. The van der Waals surface area contributed by atoms with E-state index in [0.29, 0.717) is 0 Å². The Morgan fingerprint density at radius 2 is 0.917 bits per heavy atom. The number of hydrogen-bond donors (Lipinski definition) is 0. The lowest BCUT2D eigenvalue weighted by molar-refractivity contribution is -0.169. The Kier molecular flexibility index (Phi) is 12.5. The van der Waals surface area contributed by atoms with Crippen molar-refractivity contribution in [1.82, 2.24) is 0 Å². The van der Waals surface area contributed by atoms with Gasteiger partial charge in [-0.05, 0) is 11.1 Å². The van der Waals surface area contributed by atoms with Gasteiger partial charge in [0.25, 0.3) is 0 Å². The van der Waals surface area contributed by atoms with Crippen LogP contribution in [0, 0.1) is 0 Å².